The van der Waals surface area contributed by atoms with E-state index >= 15 is 0 Å². The number of carbonyl (C=O) groups excluding carboxylic acids is 1. The van der Waals surface area contributed by atoms with E-state index in [2.05, 4.69) is 15.3 Å². The first-order chi connectivity index (χ1) is 8.29. The zero-order valence-corrected chi connectivity index (χ0v) is 9.69. The average Bonchev–Trinajstić information content (AvgIpc) is 2.38. The molecule has 4 nitrogen and oxygen atoms in total. The maximum atomic E-state index is 10.8. The highest BCUT2D eigenvalue weighted by molar-refractivity contribution is 6.29. The number of hydrogen-bond donors (Lipinski definition) is 1. The lowest BCUT2D eigenvalue weighted by atomic mass is 10.2. The van der Waals surface area contributed by atoms with Gasteiger partial charge in [0.25, 0.3) is 0 Å². The van der Waals surface area contributed by atoms with Crippen molar-refractivity contribution >= 4 is 23.7 Å². The minimum absolute atomic E-state index is 0.346. The highest BCUT2D eigenvalue weighted by atomic mass is 35.5. The monoisotopic (exact) mass is 247 g/mol. The first kappa shape index (κ1) is 11.5. The topological polar surface area (TPSA) is 54.9 Å². The van der Waals surface area contributed by atoms with Crippen LogP contribution in [-0.4, -0.2) is 16.3 Å². The van der Waals surface area contributed by atoms with E-state index in [0.29, 0.717) is 23.1 Å². The SMILES string of the molecule is O=Cc1ccc(Cl)nc1NCc1ccccn1. The number of carbonyl (C=O) groups is 1. The van der Waals surface area contributed by atoms with Gasteiger partial charge in [0.2, 0.25) is 0 Å². The number of anilines is 1. The molecule has 0 radical (unpaired) electrons. The fourth-order valence-corrected chi connectivity index (χ4v) is 1.51. The van der Waals surface area contributed by atoms with E-state index in [1.807, 2.05) is 18.2 Å². The third-order valence-electron chi connectivity index (χ3n) is 2.18. The molecule has 0 fully saturated rings. The van der Waals surface area contributed by atoms with Crippen LogP contribution < -0.4 is 5.32 Å². The minimum atomic E-state index is 0.346. The maximum Gasteiger partial charge on any atom is 0.153 e. The lowest BCUT2D eigenvalue weighted by molar-refractivity contribution is 0.112. The molecule has 2 rings (SSSR count). The number of hydrogen-bond acceptors (Lipinski definition) is 4. The van der Waals surface area contributed by atoms with Gasteiger partial charge in [0.05, 0.1) is 17.8 Å². The summed E-state index contributed by atoms with van der Waals surface area (Å²) in [5.74, 6) is 0.471. The molecular formula is C12H10ClN3O. The van der Waals surface area contributed by atoms with Gasteiger partial charge < -0.3 is 5.32 Å². The molecule has 0 aromatic carbocycles. The van der Waals surface area contributed by atoms with Crippen LogP contribution in [0.3, 0.4) is 0 Å². The van der Waals surface area contributed by atoms with Gasteiger partial charge in [-0.2, -0.15) is 0 Å². The average molecular weight is 248 g/mol. The van der Waals surface area contributed by atoms with Gasteiger partial charge in [-0.15, -0.1) is 0 Å². The van der Waals surface area contributed by atoms with E-state index in [1.165, 1.54) is 0 Å². The molecule has 0 unspecified atom stereocenters. The second-order valence-corrected chi connectivity index (χ2v) is 3.75. The number of pyridine rings is 2. The van der Waals surface area contributed by atoms with Gasteiger partial charge in [0, 0.05) is 6.20 Å². The van der Waals surface area contributed by atoms with Gasteiger partial charge >= 0.3 is 0 Å². The van der Waals surface area contributed by atoms with E-state index in [4.69, 9.17) is 11.6 Å². The number of nitrogens with one attached hydrogen (secondary N) is 1. The third kappa shape index (κ3) is 3.01. The van der Waals surface area contributed by atoms with Gasteiger partial charge in [-0.25, -0.2) is 4.98 Å². The number of aldehydes is 1. The molecule has 0 atom stereocenters. The molecule has 86 valence electrons. The summed E-state index contributed by atoms with van der Waals surface area (Å²) in [5.41, 5.74) is 1.34. The molecule has 17 heavy (non-hydrogen) atoms. The highest BCUT2D eigenvalue weighted by Gasteiger charge is 2.04. The fraction of sp³-hybridized carbons (Fsp3) is 0.0833. The highest BCUT2D eigenvalue weighted by Crippen LogP contribution is 2.15. The summed E-state index contributed by atoms with van der Waals surface area (Å²) in [6, 6.07) is 8.84. The summed E-state index contributed by atoms with van der Waals surface area (Å²) in [5, 5.41) is 3.38. The van der Waals surface area contributed by atoms with E-state index in [0.717, 1.165) is 12.0 Å². The molecular weight excluding hydrogens is 238 g/mol. The van der Waals surface area contributed by atoms with Crippen molar-refractivity contribution in [2.24, 2.45) is 0 Å². The molecule has 2 heterocycles. The zero-order chi connectivity index (χ0) is 12.1. The molecule has 0 amide bonds. The Balaban J connectivity index is 2.13. The minimum Gasteiger partial charge on any atom is -0.364 e. The molecule has 1 N–H and O–H groups in total. The van der Waals surface area contributed by atoms with Gasteiger partial charge in [-0.1, -0.05) is 17.7 Å². The van der Waals surface area contributed by atoms with Crippen LogP contribution in [0.15, 0.2) is 36.5 Å². The van der Waals surface area contributed by atoms with Gasteiger partial charge in [0.1, 0.15) is 11.0 Å². The van der Waals surface area contributed by atoms with Crippen LogP contribution in [-0.2, 0) is 6.54 Å². The molecule has 0 aliphatic rings. The Bertz CT molecular complexity index is 516. The van der Waals surface area contributed by atoms with E-state index in [-0.39, 0.29) is 0 Å². The maximum absolute atomic E-state index is 10.8. The Morgan fingerprint density at radius 1 is 1.29 bits per heavy atom. The molecule has 0 saturated carbocycles. The van der Waals surface area contributed by atoms with Crippen LogP contribution in [0, 0.1) is 0 Å². The van der Waals surface area contributed by atoms with Gasteiger partial charge in [-0.05, 0) is 24.3 Å². The van der Waals surface area contributed by atoms with Crippen molar-refractivity contribution in [2.75, 3.05) is 5.32 Å². The fourth-order valence-electron chi connectivity index (χ4n) is 1.36. The summed E-state index contributed by atoms with van der Waals surface area (Å²) < 4.78 is 0. The van der Waals surface area contributed by atoms with Crippen molar-refractivity contribution < 1.29 is 4.79 Å². The van der Waals surface area contributed by atoms with Crippen molar-refractivity contribution in [1.82, 2.24) is 9.97 Å². The molecule has 2 aromatic heterocycles. The Hall–Kier alpha value is -1.94. The second kappa shape index (κ2) is 5.41. The zero-order valence-electron chi connectivity index (χ0n) is 8.93. The first-order valence-electron chi connectivity index (χ1n) is 5.05. The predicted octanol–water partition coefficient (Wildman–Crippen LogP) is 2.55. The molecule has 0 bridgehead atoms. The Kier molecular flexibility index (Phi) is 3.67. The summed E-state index contributed by atoms with van der Waals surface area (Å²) in [4.78, 5) is 19.0. The Morgan fingerprint density at radius 2 is 2.18 bits per heavy atom. The van der Waals surface area contributed by atoms with E-state index < -0.39 is 0 Å². The van der Waals surface area contributed by atoms with Crippen molar-refractivity contribution in [1.29, 1.82) is 0 Å². The normalized spacial score (nSPS) is 9.94. The lowest BCUT2D eigenvalue weighted by Gasteiger charge is -2.07. The molecule has 0 spiro atoms. The molecule has 2 aromatic rings. The van der Waals surface area contributed by atoms with Crippen LogP contribution in [0.4, 0.5) is 5.82 Å². The molecule has 0 aliphatic heterocycles. The number of halogens is 1. The molecule has 0 saturated heterocycles. The Labute approximate surface area is 104 Å². The van der Waals surface area contributed by atoms with Gasteiger partial charge in [-0.3, -0.25) is 9.78 Å². The standard InChI is InChI=1S/C12H10ClN3O/c13-11-5-4-9(8-17)12(16-11)15-7-10-3-1-2-6-14-10/h1-6,8H,7H2,(H,15,16). The number of rotatable bonds is 4. The number of nitrogens with zero attached hydrogens (tertiary/aromatic N) is 2. The van der Waals surface area contributed by atoms with Gasteiger partial charge in [0.15, 0.2) is 6.29 Å². The third-order valence-corrected chi connectivity index (χ3v) is 2.39. The van der Waals surface area contributed by atoms with Crippen LogP contribution in [0.2, 0.25) is 5.15 Å². The van der Waals surface area contributed by atoms with Crippen LogP contribution in [0.1, 0.15) is 16.1 Å². The quantitative estimate of drug-likeness (QED) is 0.666. The van der Waals surface area contributed by atoms with Crippen molar-refractivity contribution in [3.8, 4) is 0 Å². The molecule has 0 aliphatic carbocycles. The first-order valence-corrected chi connectivity index (χ1v) is 5.43. The van der Waals surface area contributed by atoms with E-state index in [9.17, 15) is 4.79 Å². The van der Waals surface area contributed by atoms with Crippen LogP contribution in [0.25, 0.3) is 0 Å². The summed E-state index contributed by atoms with van der Waals surface area (Å²) >= 11 is 5.77. The summed E-state index contributed by atoms with van der Waals surface area (Å²) in [6.45, 7) is 0.495. The summed E-state index contributed by atoms with van der Waals surface area (Å²) in [6.07, 6.45) is 2.45. The second-order valence-electron chi connectivity index (χ2n) is 3.36. The van der Waals surface area contributed by atoms with Crippen molar-refractivity contribution in [3.05, 3.63) is 52.9 Å². The Morgan fingerprint density at radius 3 is 2.88 bits per heavy atom. The van der Waals surface area contributed by atoms with Crippen molar-refractivity contribution in [2.45, 2.75) is 6.54 Å². The largest absolute Gasteiger partial charge is 0.364 e. The predicted molar refractivity (Wildman–Crippen MR) is 66.2 cm³/mol. The lowest BCUT2D eigenvalue weighted by Crippen LogP contribution is -2.05. The van der Waals surface area contributed by atoms with Crippen LogP contribution >= 0.6 is 11.6 Å². The van der Waals surface area contributed by atoms with Crippen molar-refractivity contribution in [3.63, 3.8) is 0 Å². The van der Waals surface area contributed by atoms with E-state index in [1.54, 1.807) is 18.3 Å². The van der Waals surface area contributed by atoms with Crippen LogP contribution in [0.5, 0.6) is 0 Å². The smallest absolute Gasteiger partial charge is 0.153 e. The number of aromatic nitrogens is 2. The molecule has 5 heteroatoms. The summed E-state index contributed by atoms with van der Waals surface area (Å²) in [7, 11) is 0.